The van der Waals surface area contributed by atoms with E-state index in [9.17, 15) is 14.4 Å². The molecule has 0 fully saturated rings. The van der Waals surface area contributed by atoms with Crippen molar-refractivity contribution in [1.82, 2.24) is 15.5 Å². The Morgan fingerprint density at radius 1 is 0.951 bits per heavy atom. The number of allylic oxidation sites excluding steroid dienone is 1. The molecule has 2 aromatic rings. The quantitative estimate of drug-likeness (QED) is 0.202. The monoisotopic (exact) mass is 563 g/mol. The molecule has 41 heavy (non-hydrogen) atoms. The Bertz CT molecular complexity index is 1200. The van der Waals surface area contributed by atoms with Crippen LogP contribution in [0, 0.1) is 0 Å². The molecule has 0 radical (unpaired) electrons. The summed E-state index contributed by atoms with van der Waals surface area (Å²) >= 11 is 0. The minimum Gasteiger partial charge on any atom is -0.439 e. The summed E-state index contributed by atoms with van der Waals surface area (Å²) in [6, 6.07) is 15.1. The van der Waals surface area contributed by atoms with Crippen LogP contribution in [-0.2, 0) is 27.3 Å². The zero-order valence-electron chi connectivity index (χ0n) is 23.3. The number of ether oxygens (including phenoxy) is 1. The molecule has 11 nitrogen and oxygen atoms in total. The third-order valence-corrected chi connectivity index (χ3v) is 6.50. The van der Waals surface area contributed by atoms with Gasteiger partial charge in [0.1, 0.15) is 11.8 Å². The molecule has 1 heterocycles. The molecule has 2 atom stereocenters. The predicted molar refractivity (Wildman–Crippen MR) is 159 cm³/mol. The zero-order chi connectivity index (χ0) is 29.5. The van der Waals surface area contributed by atoms with Crippen molar-refractivity contribution in [2.24, 2.45) is 22.2 Å². The van der Waals surface area contributed by atoms with Crippen molar-refractivity contribution in [2.45, 2.75) is 50.7 Å². The Morgan fingerprint density at radius 2 is 1.68 bits per heavy atom. The summed E-state index contributed by atoms with van der Waals surface area (Å²) in [5.41, 5.74) is 19.1. The van der Waals surface area contributed by atoms with Crippen LogP contribution in [0.15, 0.2) is 71.5 Å². The number of benzene rings is 2. The van der Waals surface area contributed by atoms with E-state index in [-0.39, 0.29) is 37.9 Å². The maximum Gasteiger partial charge on any atom is 0.242 e. The second-order valence-electron chi connectivity index (χ2n) is 9.75. The SMILES string of the molecule is NCCN(CCN)C(=O)CC(N)C(=O)NC(CCc1ccccc1)C(=O)NCc1cccc(OC2=CCCC=N2)c1. The number of carbonyl (C=O) groups is 3. The highest BCUT2D eigenvalue weighted by Crippen LogP contribution is 2.18. The first-order chi connectivity index (χ1) is 19.9. The molecule has 220 valence electrons. The van der Waals surface area contributed by atoms with Gasteiger partial charge < -0.3 is 37.5 Å². The van der Waals surface area contributed by atoms with Gasteiger partial charge in [-0.1, -0.05) is 42.5 Å². The number of rotatable bonds is 16. The van der Waals surface area contributed by atoms with Crippen molar-refractivity contribution in [3.63, 3.8) is 0 Å². The average Bonchev–Trinajstić information content (AvgIpc) is 2.99. The molecular weight excluding hydrogens is 522 g/mol. The maximum absolute atomic E-state index is 13.3. The summed E-state index contributed by atoms with van der Waals surface area (Å²) in [6.07, 6.45) is 6.22. The minimum atomic E-state index is -1.13. The third-order valence-electron chi connectivity index (χ3n) is 6.50. The number of nitrogens with one attached hydrogen (secondary N) is 2. The van der Waals surface area contributed by atoms with Crippen molar-refractivity contribution in [1.29, 1.82) is 0 Å². The van der Waals surface area contributed by atoms with E-state index in [1.54, 1.807) is 0 Å². The van der Waals surface area contributed by atoms with Crippen molar-refractivity contribution in [2.75, 3.05) is 26.2 Å². The average molecular weight is 564 g/mol. The van der Waals surface area contributed by atoms with E-state index in [2.05, 4.69) is 15.6 Å². The molecule has 11 heteroatoms. The fraction of sp³-hybridized carbons (Fsp3) is 0.400. The first-order valence-corrected chi connectivity index (χ1v) is 13.9. The van der Waals surface area contributed by atoms with Crippen LogP contribution in [0.25, 0.3) is 0 Å². The standard InChI is InChI=1S/C30H41N7O4/c31-14-17-37(18-15-32)28(38)20-25(33)29(39)36-26(13-12-22-7-2-1-3-8-22)30(40)35-21-23-9-6-10-24(19-23)41-27-11-4-5-16-34-27/h1-3,6-11,16,19,25-26H,4-5,12-15,17-18,20-21,31-33H2,(H,35,40)(H,36,39). The van der Waals surface area contributed by atoms with Gasteiger partial charge in [0.2, 0.25) is 23.6 Å². The van der Waals surface area contributed by atoms with Crippen LogP contribution in [0.1, 0.15) is 36.8 Å². The van der Waals surface area contributed by atoms with Gasteiger partial charge in [0, 0.05) is 38.9 Å². The topological polar surface area (TPSA) is 178 Å². The van der Waals surface area contributed by atoms with E-state index >= 15 is 0 Å². The highest BCUT2D eigenvalue weighted by Gasteiger charge is 2.26. The van der Waals surface area contributed by atoms with Crippen LogP contribution in [0.5, 0.6) is 5.75 Å². The summed E-state index contributed by atoms with van der Waals surface area (Å²) in [5.74, 6) is -0.0870. The molecule has 0 aliphatic carbocycles. The fourth-order valence-corrected chi connectivity index (χ4v) is 4.29. The number of amides is 3. The zero-order valence-corrected chi connectivity index (χ0v) is 23.3. The first kappa shape index (κ1) is 31.5. The number of nitrogens with zero attached hydrogens (tertiary/aromatic N) is 2. The molecule has 1 aliphatic heterocycles. The van der Waals surface area contributed by atoms with Gasteiger partial charge in [-0.15, -0.1) is 0 Å². The first-order valence-electron chi connectivity index (χ1n) is 13.9. The Labute approximate surface area is 241 Å². The van der Waals surface area contributed by atoms with E-state index in [1.165, 1.54) is 4.90 Å². The molecule has 0 bridgehead atoms. The van der Waals surface area contributed by atoms with Gasteiger partial charge >= 0.3 is 0 Å². The van der Waals surface area contributed by atoms with Crippen molar-refractivity contribution < 1.29 is 19.1 Å². The molecule has 0 saturated carbocycles. The second-order valence-corrected chi connectivity index (χ2v) is 9.75. The molecule has 2 unspecified atom stereocenters. The predicted octanol–water partition coefficient (Wildman–Crippen LogP) is 0.969. The highest BCUT2D eigenvalue weighted by molar-refractivity contribution is 5.92. The molecule has 1 aliphatic rings. The summed E-state index contributed by atoms with van der Waals surface area (Å²) in [4.78, 5) is 44.6. The summed E-state index contributed by atoms with van der Waals surface area (Å²) in [7, 11) is 0. The van der Waals surface area contributed by atoms with Gasteiger partial charge in [-0.2, -0.15) is 0 Å². The van der Waals surface area contributed by atoms with Gasteiger partial charge in [-0.25, -0.2) is 4.99 Å². The Kier molecular flexibility index (Phi) is 13.0. The molecule has 2 aromatic carbocycles. The normalized spacial score (nSPS) is 14.0. The number of hydrogen-bond acceptors (Lipinski definition) is 8. The van der Waals surface area contributed by atoms with E-state index in [0.717, 1.165) is 24.0 Å². The lowest BCUT2D eigenvalue weighted by Crippen LogP contribution is -2.53. The maximum atomic E-state index is 13.3. The lowest BCUT2D eigenvalue weighted by molar-refractivity contribution is -0.135. The van der Waals surface area contributed by atoms with Crippen LogP contribution < -0.4 is 32.6 Å². The fourth-order valence-electron chi connectivity index (χ4n) is 4.29. The molecule has 0 spiro atoms. The smallest absolute Gasteiger partial charge is 0.242 e. The molecule has 0 saturated heterocycles. The Morgan fingerprint density at radius 3 is 2.37 bits per heavy atom. The van der Waals surface area contributed by atoms with Crippen LogP contribution in [0.2, 0.25) is 0 Å². The van der Waals surface area contributed by atoms with Gasteiger partial charge in [0.25, 0.3) is 0 Å². The van der Waals surface area contributed by atoms with Crippen molar-refractivity contribution in [3.05, 3.63) is 77.7 Å². The van der Waals surface area contributed by atoms with E-state index in [4.69, 9.17) is 21.9 Å². The third kappa shape index (κ3) is 10.8. The van der Waals surface area contributed by atoms with Crippen molar-refractivity contribution in [3.8, 4) is 5.75 Å². The van der Waals surface area contributed by atoms with Gasteiger partial charge in [0.05, 0.1) is 12.5 Å². The number of hydrogen-bond donors (Lipinski definition) is 5. The summed E-state index contributed by atoms with van der Waals surface area (Å²) in [5, 5.41) is 5.66. The van der Waals surface area contributed by atoms with Crippen LogP contribution in [0.4, 0.5) is 0 Å². The van der Waals surface area contributed by atoms with Gasteiger partial charge in [-0.05, 0) is 55.0 Å². The van der Waals surface area contributed by atoms with E-state index < -0.39 is 18.0 Å². The largest absolute Gasteiger partial charge is 0.439 e. The van der Waals surface area contributed by atoms with E-state index in [1.807, 2.05) is 66.9 Å². The molecule has 3 amide bonds. The number of carbonyl (C=O) groups excluding carboxylic acids is 3. The molecular formula is C30H41N7O4. The van der Waals surface area contributed by atoms with Gasteiger partial charge in [0.15, 0.2) is 0 Å². The second kappa shape index (κ2) is 16.9. The molecule has 0 aromatic heterocycles. The minimum absolute atomic E-state index is 0.216. The number of nitrogens with two attached hydrogens (primary N) is 3. The van der Waals surface area contributed by atoms with Crippen molar-refractivity contribution >= 4 is 23.9 Å². The van der Waals surface area contributed by atoms with Crippen LogP contribution in [-0.4, -0.2) is 67.1 Å². The van der Waals surface area contributed by atoms with E-state index in [0.29, 0.717) is 37.6 Å². The van der Waals surface area contributed by atoms with Crippen LogP contribution in [0.3, 0.4) is 0 Å². The molecule has 3 rings (SSSR count). The lowest BCUT2D eigenvalue weighted by atomic mass is 10.0. The Balaban J connectivity index is 1.62. The summed E-state index contributed by atoms with van der Waals surface area (Å²) < 4.78 is 5.83. The summed E-state index contributed by atoms with van der Waals surface area (Å²) in [6.45, 7) is 1.42. The van der Waals surface area contributed by atoms with Gasteiger partial charge in [-0.3, -0.25) is 14.4 Å². The lowest BCUT2D eigenvalue weighted by Gasteiger charge is -2.24. The molecule has 8 N–H and O–H groups in total. The number of aryl methyl sites for hydroxylation is 1. The number of aliphatic imine (C=N–C) groups is 1. The highest BCUT2D eigenvalue weighted by atomic mass is 16.5. The van der Waals surface area contributed by atoms with Crippen LogP contribution >= 0.6 is 0 Å². The Hall–Kier alpha value is -4.06.